The van der Waals surface area contributed by atoms with Crippen LogP contribution in [0.1, 0.15) is 65.2 Å². The molecule has 0 aliphatic heterocycles. The number of ether oxygens (including phenoxy) is 1. The molecule has 1 fully saturated rings. The number of hydrogen-bond donors (Lipinski definition) is 2. The Labute approximate surface area is 166 Å². The summed E-state index contributed by atoms with van der Waals surface area (Å²) in [5.41, 5.74) is 6.65. The molecule has 27 heavy (non-hydrogen) atoms. The van der Waals surface area contributed by atoms with Gasteiger partial charge in [-0.25, -0.2) is 0 Å². The van der Waals surface area contributed by atoms with Crippen molar-refractivity contribution >= 4 is 22.4 Å². The maximum Gasteiger partial charge on any atom is 0.255 e. The van der Waals surface area contributed by atoms with Crippen LogP contribution in [0.5, 0.6) is 5.75 Å². The molecule has 1 unspecified atom stereocenters. The average molecular weight is 391 g/mol. The van der Waals surface area contributed by atoms with Gasteiger partial charge in [-0.2, -0.15) is 0 Å². The van der Waals surface area contributed by atoms with Gasteiger partial charge in [0.25, 0.3) is 5.56 Å². The molecule has 0 bridgehead atoms. The number of fused-ring (bicyclic) bond motifs is 1. The molecule has 1 saturated carbocycles. The van der Waals surface area contributed by atoms with Gasteiger partial charge in [0.1, 0.15) is 5.75 Å². The molecule has 1 aromatic carbocycles. The third-order valence-corrected chi connectivity index (χ3v) is 6.60. The van der Waals surface area contributed by atoms with E-state index in [-0.39, 0.29) is 23.1 Å². The summed E-state index contributed by atoms with van der Waals surface area (Å²) in [7, 11) is 0. The molecule has 1 aliphatic rings. The fourth-order valence-corrected chi connectivity index (χ4v) is 4.72. The Bertz CT molecular complexity index is 825. The molecular weight excluding hydrogens is 360 g/mol. The maximum absolute atomic E-state index is 11.9. The first-order chi connectivity index (χ1) is 13.0. The number of pyridine rings is 1. The highest BCUT2D eigenvalue weighted by Crippen LogP contribution is 2.45. The van der Waals surface area contributed by atoms with E-state index < -0.39 is 0 Å². The van der Waals surface area contributed by atoms with Crippen molar-refractivity contribution in [3.05, 3.63) is 39.8 Å². The van der Waals surface area contributed by atoms with Crippen molar-refractivity contribution in [3.63, 3.8) is 0 Å². The smallest absolute Gasteiger partial charge is 0.255 e. The van der Waals surface area contributed by atoms with E-state index >= 15 is 0 Å². The summed E-state index contributed by atoms with van der Waals surface area (Å²) in [6, 6.07) is 5.72. The molecule has 1 aromatic heterocycles. The standard InChI is InChI=1S/C22H31ClN2O2/c1-3-5-9-22(20(24)4-2)10-6-16(7-11-22)27-19-13-15-8-12-25-21(26)17(15)14-18(19)23/h8,12-14,16,20H,3-7,9-11,24H2,1-2H3,(H,25,26). The van der Waals surface area contributed by atoms with Crippen molar-refractivity contribution < 1.29 is 4.74 Å². The largest absolute Gasteiger partial charge is 0.489 e. The SMILES string of the molecule is CCCCC1(C(N)CC)CCC(Oc2cc3cc[nH]c(=O)c3cc2Cl)CC1. The fraction of sp³-hybridized carbons (Fsp3) is 0.591. The normalized spacial score (nSPS) is 24.1. The highest BCUT2D eigenvalue weighted by Gasteiger charge is 2.39. The predicted octanol–water partition coefficient (Wildman–Crippen LogP) is 5.42. The van der Waals surface area contributed by atoms with E-state index in [2.05, 4.69) is 18.8 Å². The van der Waals surface area contributed by atoms with Crippen molar-refractivity contribution in [2.24, 2.45) is 11.1 Å². The van der Waals surface area contributed by atoms with Crippen molar-refractivity contribution in [2.45, 2.75) is 77.4 Å². The molecule has 3 N–H and O–H groups in total. The van der Waals surface area contributed by atoms with Gasteiger partial charge in [0.15, 0.2) is 0 Å². The molecular formula is C22H31ClN2O2. The van der Waals surface area contributed by atoms with Crippen molar-refractivity contribution in [3.8, 4) is 5.75 Å². The Hall–Kier alpha value is -1.52. The van der Waals surface area contributed by atoms with E-state index in [4.69, 9.17) is 22.1 Å². The van der Waals surface area contributed by atoms with Gasteiger partial charge in [-0.3, -0.25) is 4.79 Å². The number of H-pyrrole nitrogens is 1. The van der Waals surface area contributed by atoms with E-state index in [1.54, 1.807) is 12.3 Å². The number of hydrogen-bond acceptors (Lipinski definition) is 3. The molecule has 1 atom stereocenters. The summed E-state index contributed by atoms with van der Waals surface area (Å²) in [5, 5.41) is 1.93. The van der Waals surface area contributed by atoms with Crippen LogP contribution in [-0.4, -0.2) is 17.1 Å². The quantitative estimate of drug-likeness (QED) is 0.663. The summed E-state index contributed by atoms with van der Waals surface area (Å²) in [4.78, 5) is 14.6. The Morgan fingerprint density at radius 3 is 2.74 bits per heavy atom. The minimum absolute atomic E-state index is 0.132. The van der Waals surface area contributed by atoms with Crippen LogP contribution >= 0.6 is 11.6 Å². The number of halogens is 1. The molecule has 0 amide bonds. The lowest BCUT2D eigenvalue weighted by atomic mass is 9.65. The summed E-state index contributed by atoms with van der Waals surface area (Å²) in [6.07, 6.45) is 10.7. The third kappa shape index (κ3) is 4.33. The van der Waals surface area contributed by atoms with Crippen LogP contribution in [0.3, 0.4) is 0 Å². The minimum atomic E-state index is -0.132. The van der Waals surface area contributed by atoms with Crippen molar-refractivity contribution in [2.75, 3.05) is 0 Å². The second-order valence-electron chi connectivity index (χ2n) is 7.97. The first-order valence-electron chi connectivity index (χ1n) is 10.2. The lowest BCUT2D eigenvalue weighted by Crippen LogP contribution is -2.45. The second-order valence-corrected chi connectivity index (χ2v) is 8.38. The number of aromatic amines is 1. The Morgan fingerprint density at radius 1 is 1.33 bits per heavy atom. The van der Waals surface area contributed by atoms with Gasteiger partial charge in [-0.15, -0.1) is 0 Å². The summed E-state index contributed by atoms with van der Waals surface area (Å²) in [5.74, 6) is 0.667. The Morgan fingerprint density at radius 2 is 2.07 bits per heavy atom. The van der Waals surface area contributed by atoms with Crippen molar-refractivity contribution in [1.82, 2.24) is 4.98 Å². The highest BCUT2D eigenvalue weighted by atomic mass is 35.5. The van der Waals surface area contributed by atoms with E-state index in [0.717, 1.165) is 37.5 Å². The average Bonchev–Trinajstić information content (AvgIpc) is 2.68. The van der Waals surface area contributed by atoms with E-state index in [1.807, 2.05) is 12.1 Å². The number of nitrogens with one attached hydrogen (secondary N) is 1. The van der Waals surface area contributed by atoms with Crippen LogP contribution in [0.15, 0.2) is 29.2 Å². The van der Waals surface area contributed by atoms with Gasteiger partial charge >= 0.3 is 0 Å². The molecule has 1 heterocycles. The summed E-state index contributed by atoms with van der Waals surface area (Å²) < 4.78 is 6.26. The first-order valence-corrected chi connectivity index (χ1v) is 10.6. The van der Waals surface area contributed by atoms with Gasteiger partial charge in [0.2, 0.25) is 0 Å². The fourth-order valence-electron chi connectivity index (χ4n) is 4.51. The minimum Gasteiger partial charge on any atom is -0.489 e. The second kappa shape index (κ2) is 8.66. The molecule has 4 nitrogen and oxygen atoms in total. The van der Waals surface area contributed by atoms with Crippen molar-refractivity contribution in [1.29, 1.82) is 0 Å². The van der Waals surface area contributed by atoms with Crippen LogP contribution < -0.4 is 16.0 Å². The Kier molecular flexibility index (Phi) is 6.48. The monoisotopic (exact) mass is 390 g/mol. The summed E-state index contributed by atoms with van der Waals surface area (Å²) >= 11 is 6.39. The lowest BCUT2D eigenvalue weighted by molar-refractivity contribution is 0.0518. The van der Waals surface area contributed by atoms with Gasteiger partial charge in [-0.1, -0.05) is 38.3 Å². The van der Waals surface area contributed by atoms with Gasteiger partial charge < -0.3 is 15.5 Å². The van der Waals surface area contributed by atoms with E-state index in [0.29, 0.717) is 16.2 Å². The zero-order valence-corrected chi connectivity index (χ0v) is 17.1. The number of nitrogens with two attached hydrogens (primary N) is 1. The molecule has 148 valence electrons. The molecule has 0 saturated heterocycles. The number of unbranched alkanes of at least 4 members (excludes halogenated alkanes) is 1. The number of aromatic nitrogens is 1. The molecule has 0 radical (unpaired) electrons. The Balaban J connectivity index is 1.72. The van der Waals surface area contributed by atoms with E-state index in [1.165, 1.54) is 19.3 Å². The molecule has 0 spiro atoms. The third-order valence-electron chi connectivity index (χ3n) is 6.30. The van der Waals surface area contributed by atoms with Gasteiger partial charge in [0.05, 0.1) is 11.1 Å². The van der Waals surface area contributed by atoms with Crippen LogP contribution in [0.4, 0.5) is 0 Å². The molecule has 5 heteroatoms. The highest BCUT2D eigenvalue weighted by molar-refractivity contribution is 6.32. The van der Waals surface area contributed by atoms with Gasteiger partial charge in [0, 0.05) is 17.6 Å². The van der Waals surface area contributed by atoms with Crippen LogP contribution in [0.25, 0.3) is 10.8 Å². The first kappa shape index (κ1) is 20.2. The van der Waals surface area contributed by atoms with Crippen LogP contribution in [0, 0.1) is 5.41 Å². The lowest BCUT2D eigenvalue weighted by Gasteiger charge is -2.44. The number of benzene rings is 1. The van der Waals surface area contributed by atoms with Crippen LogP contribution in [0.2, 0.25) is 5.02 Å². The molecule has 2 aromatic rings. The van der Waals surface area contributed by atoms with E-state index in [9.17, 15) is 4.79 Å². The zero-order valence-electron chi connectivity index (χ0n) is 16.4. The topological polar surface area (TPSA) is 68.1 Å². The zero-order chi connectivity index (χ0) is 19.4. The molecule has 1 aliphatic carbocycles. The van der Waals surface area contributed by atoms with Gasteiger partial charge in [-0.05, 0) is 67.5 Å². The number of rotatable bonds is 7. The predicted molar refractivity (Wildman–Crippen MR) is 113 cm³/mol. The summed E-state index contributed by atoms with van der Waals surface area (Å²) in [6.45, 7) is 4.43. The molecule has 3 rings (SSSR count). The maximum atomic E-state index is 11.9. The van der Waals surface area contributed by atoms with Crippen LogP contribution in [-0.2, 0) is 0 Å².